The number of halogens is 2. The Morgan fingerprint density at radius 3 is 2.76 bits per heavy atom. The number of nitrogens with zero attached hydrogens (tertiary/aromatic N) is 4. The van der Waals surface area contributed by atoms with Gasteiger partial charge in [-0.3, -0.25) is 9.59 Å². The molecule has 2 fully saturated rings. The van der Waals surface area contributed by atoms with Crippen molar-refractivity contribution < 1.29 is 23.8 Å². The summed E-state index contributed by atoms with van der Waals surface area (Å²) in [5, 5.41) is 10.5. The van der Waals surface area contributed by atoms with E-state index in [1.54, 1.807) is 9.80 Å². The number of hydrogen-bond acceptors (Lipinski definition) is 6. The van der Waals surface area contributed by atoms with Gasteiger partial charge < -0.3 is 24.5 Å². The minimum absolute atomic E-state index is 0.0213. The molecule has 0 radical (unpaired) electrons. The first-order valence-electron chi connectivity index (χ1n) is 12.5. The van der Waals surface area contributed by atoms with E-state index in [9.17, 15) is 19.1 Å². The zero-order valence-electron chi connectivity index (χ0n) is 20.9. The van der Waals surface area contributed by atoms with Gasteiger partial charge in [-0.1, -0.05) is 31.2 Å². The standard InChI is InChI=1S/C27H30ClFN4O4/c1-4-20(35)32-10-11-33-16(13-32)14-37-26-22(27(33)36)24(17-8-9-31(3)12-15(17)2)30-25(23(26)28)21-18(29)6-5-7-19(21)34/h4-7,15-17,34H,1,8-14H2,2-3H3/t15?,16-,17?/m1/s1. The summed E-state index contributed by atoms with van der Waals surface area (Å²) in [7, 11) is 2.05. The largest absolute Gasteiger partial charge is 0.507 e. The first kappa shape index (κ1) is 25.5. The van der Waals surface area contributed by atoms with E-state index in [0.717, 1.165) is 19.5 Å². The van der Waals surface area contributed by atoms with Gasteiger partial charge in [0.2, 0.25) is 5.91 Å². The minimum Gasteiger partial charge on any atom is -0.507 e. The van der Waals surface area contributed by atoms with Crippen LogP contribution in [0.2, 0.25) is 5.02 Å². The van der Waals surface area contributed by atoms with Crippen molar-refractivity contribution in [1.82, 2.24) is 19.7 Å². The second kappa shape index (κ2) is 9.95. The van der Waals surface area contributed by atoms with Crippen molar-refractivity contribution in [2.24, 2.45) is 5.92 Å². The lowest BCUT2D eigenvalue weighted by Gasteiger charge is -2.40. The monoisotopic (exact) mass is 528 g/mol. The van der Waals surface area contributed by atoms with Crippen molar-refractivity contribution in [3.8, 4) is 22.8 Å². The molecule has 0 aliphatic carbocycles. The summed E-state index contributed by atoms with van der Waals surface area (Å²) in [4.78, 5) is 36.7. The molecule has 1 aromatic heterocycles. The summed E-state index contributed by atoms with van der Waals surface area (Å²) < 4.78 is 21.2. The molecule has 3 aliphatic rings. The van der Waals surface area contributed by atoms with E-state index in [1.807, 2.05) is 7.05 Å². The van der Waals surface area contributed by atoms with E-state index in [0.29, 0.717) is 25.3 Å². The number of carbonyl (C=O) groups excluding carboxylic acids is 2. The summed E-state index contributed by atoms with van der Waals surface area (Å²) in [6.07, 6.45) is 2.01. The maximum absolute atomic E-state index is 15.0. The fourth-order valence-electron chi connectivity index (χ4n) is 5.76. The van der Waals surface area contributed by atoms with Crippen molar-refractivity contribution >= 4 is 23.4 Å². The van der Waals surface area contributed by atoms with Crippen LogP contribution >= 0.6 is 11.6 Å². The third-order valence-corrected chi connectivity index (χ3v) is 8.03. The van der Waals surface area contributed by atoms with Crippen LogP contribution in [0, 0.1) is 11.7 Å². The van der Waals surface area contributed by atoms with Crippen molar-refractivity contribution in [3.63, 3.8) is 0 Å². The Balaban J connectivity index is 1.67. The van der Waals surface area contributed by atoms with Crippen LogP contribution in [0.25, 0.3) is 11.3 Å². The number of piperidine rings is 1. The Morgan fingerprint density at radius 1 is 1.27 bits per heavy atom. The predicted molar refractivity (Wildman–Crippen MR) is 137 cm³/mol. The van der Waals surface area contributed by atoms with Crippen molar-refractivity contribution in [2.45, 2.75) is 25.3 Å². The van der Waals surface area contributed by atoms with E-state index in [2.05, 4.69) is 18.4 Å². The van der Waals surface area contributed by atoms with Crippen LogP contribution in [0.1, 0.15) is 35.3 Å². The molecule has 10 heteroatoms. The Kier molecular flexibility index (Phi) is 6.85. The average molecular weight is 529 g/mol. The molecular formula is C27H30ClFN4O4. The van der Waals surface area contributed by atoms with Crippen LogP contribution in [0.4, 0.5) is 4.39 Å². The van der Waals surface area contributed by atoms with Crippen molar-refractivity contribution in [3.05, 3.63) is 53.0 Å². The Labute approximate surface area is 220 Å². The maximum Gasteiger partial charge on any atom is 0.260 e. The van der Waals surface area contributed by atoms with Crippen LogP contribution in [0.3, 0.4) is 0 Å². The molecule has 196 valence electrons. The quantitative estimate of drug-likeness (QED) is 0.613. The normalized spacial score (nSPS) is 24.1. The van der Waals surface area contributed by atoms with Gasteiger partial charge in [0.25, 0.3) is 5.91 Å². The van der Waals surface area contributed by atoms with Crippen LogP contribution in [-0.2, 0) is 4.79 Å². The summed E-state index contributed by atoms with van der Waals surface area (Å²) in [6, 6.07) is 3.62. The number of rotatable bonds is 3. The molecule has 2 aromatic rings. The molecule has 1 N–H and O–H groups in total. The number of aromatic nitrogens is 1. The van der Waals surface area contributed by atoms with Gasteiger partial charge in [0, 0.05) is 32.1 Å². The smallest absolute Gasteiger partial charge is 0.260 e. The molecule has 3 aliphatic heterocycles. The molecule has 0 bridgehead atoms. The zero-order valence-corrected chi connectivity index (χ0v) is 21.7. The van der Waals surface area contributed by atoms with Crippen LogP contribution in [-0.4, -0.2) is 89.0 Å². The Hall–Kier alpha value is -3.17. The second-order valence-corrected chi connectivity index (χ2v) is 10.5. The fraction of sp³-hybridized carbons (Fsp3) is 0.444. The third kappa shape index (κ3) is 4.44. The SMILES string of the molecule is C=CC(=O)N1CCN2C(=O)c3c(C4CCN(C)CC4C)nc(-c4c(O)cccc4F)c(Cl)c3OC[C@H]2C1. The maximum atomic E-state index is 15.0. The number of pyridine rings is 1. The van der Waals surface area contributed by atoms with Gasteiger partial charge in [0.05, 0.1) is 23.0 Å². The van der Waals surface area contributed by atoms with Gasteiger partial charge in [-0.25, -0.2) is 9.37 Å². The van der Waals surface area contributed by atoms with Crippen LogP contribution in [0.5, 0.6) is 11.5 Å². The van der Waals surface area contributed by atoms with E-state index in [1.165, 1.54) is 24.3 Å². The highest BCUT2D eigenvalue weighted by Crippen LogP contribution is 2.47. The number of ether oxygens (including phenoxy) is 1. The zero-order chi connectivity index (χ0) is 26.4. The summed E-state index contributed by atoms with van der Waals surface area (Å²) >= 11 is 6.79. The molecule has 37 heavy (non-hydrogen) atoms. The molecule has 2 saturated heterocycles. The number of aromatic hydroxyl groups is 1. The van der Waals surface area contributed by atoms with Gasteiger partial charge in [-0.15, -0.1) is 0 Å². The van der Waals surface area contributed by atoms with Crippen LogP contribution in [0.15, 0.2) is 30.9 Å². The Bertz CT molecular complexity index is 1250. The molecular weight excluding hydrogens is 499 g/mol. The summed E-state index contributed by atoms with van der Waals surface area (Å²) in [6.45, 7) is 8.41. The second-order valence-electron chi connectivity index (χ2n) is 10.1. The van der Waals surface area contributed by atoms with Gasteiger partial charge in [0.1, 0.15) is 28.8 Å². The molecule has 8 nitrogen and oxygen atoms in total. The lowest BCUT2D eigenvalue weighted by atomic mass is 9.82. The average Bonchev–Trinajstić information content (AvgIpc) is 3.01. The molecule has 0 saturated carbocycles. The highest BCUT2D eigenvalue weighted by Gasteiger charge is 2.42. The highest BCUT2D eigenvalue weighted by molar-refractivity contribution is 6.35. The molecule has 1 aromatic carbocycles. The van der Waals surface area contributed by atoms with Crippen LogP contribution < -0.4 is 4.74 Å². The third-order valence-electron chi connectivity index (χ3n) is 7.67. The van der Waals surface area contributed by atoms with E-state index in [4.69, 9.17) is 21.3 Å². The number of benzene rings is 1. The lowest BCUT2D eigenvalue weighted by molar-refractivity contribution is -0.128. The molecule has 2 unspecified atom stereocenters. The van der Waals surface area contributed by atoms with Gasteiger partial charge in [-0.2, -0.15) is 0 Å². The van der Waals surface area contributed by atoms with E-state index < -0.39 is 5.82 Å². The van der Waals surface area contributed by atoms with Crippen molar-refractivity contribution in [1.29, 1.82) is 0 Å². The lowest BCUT2D eigenvalue weighted by Crippen LogP contribution is -2.57. The number of piperazine rings is 1. The number of phenols is 1. The fourth-order valence-corrected chi connectivity index (χ4v) is 6.05. The number of amides is 2. The topological polar surface area (TPSA) is 86.2 Å². The summed E-state index contributed by atoms with van der Waals surface area (Å²) in [5.74, 6) is -1.22. The molecule has 5 rings (SSSR count). The van der Waals surface area contributed by atoms with E-state index in [-0.39, 0.29) is 69.6 Å². The minimum atomic E-state index is -0.673. The Morgan fingerprint density at radius 2 is 2.05 bits per heavy atom. The van der Waals surface area contributed by atoms with Crippen molar-refractivity contribution in [2.75, 3.05) is 46.4 Å². The molecule has 4 heterocycles. The number of phenolic OH excluding ortho intramolecular Hbond substituents is 1. The van der Waals surface area contributed by atoms with Gasteiger partial charge in [-0.05, 0) is 44.1 Å². The predicted octanol–water partition coefficient (Wildman–Crippen LogP) is 3.53. The summed E-state index contributed by atoms with van der Waals surface area (Å²) in [5.41, 5.74) is 0.719. The van der Waals surface area contributed by atoms with Gasteiger partial charge in [0.15, 0.2) is 5.75 Å². The first-order valence-corrected chi connectivity index (χ1v) is 12.8. The number of fused-ring (bicyclic) bond motifs is 2. The molecule has 3 atom stereocenters. The number of hydrogen-bond donors (Lipinski definition) is 1. The molecule has 0 spiro atoms. The highest BCUT2D eigenvalue weighted by atomic mass is 35.5. The first-order chi connectivity index (χ1) is 17.7. The van der Waals surface area contributed by atoms with Gasteiger partial charge >= 0.3 is 0 Å². The van der Waals surface area contributed by atoms with E-state index >= 15 is 0 Å². The number of carbonyl (C=O) groups is 2. The molecule has 2 amide bonds. The number of likely N-dealkylation sites (tertiary alicyclic amines) is 1.